The van der Waals surface area contributed by atoms with E-state index in [0.29, 0.717) is 18.4 Å². The first-order chi connectivity index (χ1) is 18.7. The van der Waals surface area contributed by atoms with Gasteiger partial charge in [-0.1, -0.05) is 64.1 Å². The van der Waals surface area contributed by atoms with Crippen LogP contribution in [0, 0.1) is 34.5 Å². The molecule has 0 heterocycles. The Morgan fingerprint density at radius 1 is 1.05 bits per heavy atom. The monoisotopic (exact) mass is 549 g/mol. The van der Waals surface area contributed by atoms with E-state index in [1.807, 2.05) is 57.2 Å². The maximum Gasteiger partial charge on any atom is 0.230 e. The van der Waals surface area contributed by atoms with Crippen molar-refractivity contribution < 1.29 is 34.8 Å². The maximum atomic E-state index is 14.2. The van der Waals surface area contributed by atoms with Crippen LogP contribution in [0.3, 0.4) is 0 Å². The molecule has 1 amide bonds. The van der Waals surface area contributed by atoms with Gasteiger partial charge in [0.15, 0.2) is 17.2 Å². The van der Waals surface area contributed by atoms with Gasteiger partial charge in [0, 0.05) is 5.41 Å². The summed E-state index contributed by atoms with van der Waals surface area (Å²) in [4.78, 5) is 40.3. The van der Waals surface area contributed by atoms with Crippen molar-refractivity contribution in [1.82, 2.24) is 0 Å². The molecule has 0 bridgehead atoms. The number of aromatic hydroxyl groups is 1. The van der Waals surface area contributed by atoms with Gasteiger partial charge in [-0.25, -0.2) is 0 Å². The number of hydrogen-bond donors (Lipinski definition) is 5. The first kappa shape index (κ1) is 28.5. The molecule has 3 aliphatic rings. The number of aliphatic hydroxyl groups excluding tert-OH is 2. The molecule has 6 N–H and O–H groups in total. The second kappa shape index (κ2) is 9.50. The lowest BCUT2D eigenvalue weighted by molar-refractivity contribution is -0.265. The molecule has 0 aromatic heterocycles. The molecule has 5 rings (SSSR count). The van der Waals surface area contributed by atoms with Gasteiger partial charge in [0.05, 0.1) is 17.6 Å². The molecule has 2 saturated carbocycles. The van der Waals surface area contributed by atoms with Crippen LogP contribution in [-0.2, 0) is 28.9 Å². The summed E-state index contributed by atoms with van der Waals surface area (Å²) in [6.07, 6.45) is -1.48. The van der Waals surface area contributed by atoms with E-state index >= 15 is 0 Å². The molecule has 0 spiro atoms. The zero-order valence-electron chi connectivity index (χ0n) is 23.4. The number of nitrogens with two attached hydrogens (primary N) is 1. The first-order valence-corrected chi connectivity index (χ1v) is 14.0. The Kier molecular flexibility index (Phi) is 6.76. The Hall–Kier alpha value is -3.07. The summed E-state index contributed by atoms with van der Waals surface area (Å²) in [5, 5.41) is 46.1. The summed E-state index contributed by atoms with van der Waals surface area (Å²) in [5.41, 5.74) is 3.61. The summed E-state index contributed by atoms with van der Waals surface area (Å²) in [6, 6.07) is 13.3. The number of carbonyl (C=O) groups excluding carboxylic acids is 3. The number of fused-ring (bicyclic) bond motifs is 3. The molecular weight excluding hydrogens is 510 g/mol. The van der Waals surface area contributed by atoms with E-state index in [4.69, 9.17) is 5.73 Å². The molecule has 8 heteroatoms. The summed E-state index contributed by atoms with van der Waals surface area (Å²) in [5.74, 6) is -6.87. The second-order valence-corrected chi connectivity index (χ2v) is 13.1. The van der Waals surface area contributed by atoms with Crippen LogP contribution in [-0.4, -0.2) is 55.7 Å². The van der Waals surface area contributed by atoms with Gasteiger partial charge in [-0.2, -0.15) is 0 Å². The summed E-state index contributed by atoms with van der Waals surface area (Å²) >= 11 is 0. The van der Waals surface area contributed by atoms with Crippen LogP contribution in [0.2, 0.25) is 0 Å². The summed E-state index contributed by atoms with van der Waals surface area (Å²) < 4.78 is 0. The van der Waals surface area contributed by atoms with Crippen LogP contribution in [0.25, 0.3) is 0 Å². The van der Waals surface area contributed by atoms with Gasteiger partial charge in [0.25, 0.3) is 0 Å². The number of primary amides is 1. The summed E-state index contributed by atoms with van der Waals surface area (Å²) in [7, 11) is 0. The molecule has 8 nitrogen and oxygen atoms in total. The van der Waals surface area contributed by atoms with Crippen LogP contribution in [0.4, 0.5) is 0 Å². The standard InChI is InChI=1S/C32H39NO7/c1-16(2)23-26(36)22(29(33)39)27(37)32(40)28(38)24-25(35)21-19(14-30(24,3)15-31(23,32)4)18(12-13-20(21)34)11-10-17-8-6-5-7-9-17/h5-9,12-13,16,22-24,26,28,34,36,38,40H,10-11,14-15H2,1-4H3,(H2,33,39)/t22-,23+,24-,26?,28?,30-,31-,32+/m1/s1. The normalized spacial score (nSPS) is 37.0. The minimum absolute atomic E-state index is 0.106. The van der Waals surface area contributed by atoms with Gasteiger partial charge in [0.2, 0.25) is 5.91 Å². The fourth-order valence-corrected chi connectivity index (χ4v) is 8.75. The highest BCUT2D eigenvalue weighted by Gasteiger charge is 2.75. The predicted molar refractivity (Wildman–Crippen MR) is 147 cm³/mol. The molecule has 2 aromatic rings. The number of phenols is 1. The Balaban J connectivity index is 1.64. The predicted octanol–water partition coefficient (Wildman–Crippen LogP) is 2.36. The third-order valence-corrected chi connectivity index (χ3v) is 10.3. The molecule has 2 aromatic carbocycles. The zero-order chi connectivity index (χ0) is 29.4. The van der Waals surface area contributed by atoms with Gasteiger partial charge >= 0.3 is 0 Å². The topological polar surface area (TPSA) is 158 Å². The molecule has 214 valence electrons. The quantitative estimate of drug-likeness (QED) is 0.358. The minimum atomic E-state index is -2.50. The van der Waals surface area contributed by atoms with Crippen LogP contribution in [0.15, 0.2) is 42.5 Å². The minimum Gasteiger partial charge on any atom is -0.507 e. The summed E-state index contributed by atoms with van der Waals surface area (Å²) in [6.45, 7) is 7.19. The van der Waals surface area contributed by atoms with Gasteiger partial charge < -0.3 is 26.2 Å². The molecule has 2 fully saturated rings. The molecule has 0 saturated heterocycles. The van der Waals surface area contributed by atoms with E-state index in [2.05, 4.69) is 0 Å². The van der Waals surface area contributed by atoms with Gasteiger partial charge in [-0.15, -0.1) is 0 Å². The molecule has 2 unspecified atom stereocenters. The Labute approximate surface area is 234 Å². The number of benzene rings is 2. The van der Waals surface area contributed by atoms with Crippen molar-refractivity contribution in [3.63, 3.8) is 0 Å². The van der Waals surface area contributed by atoms with Crippen molar-refractivity contribution in [2.75, 3.05) is 0 Å². The van der Waals surface area contributed by atoms with Crippen molar-refractivity contribution in [3.05, 3.63) is 64.7 Å². The number of aliphatic hydroxyl groups is 3. The van der Waals surface area contributed by atoms with Crippen LogP contribution in [0.1, 0.15) is 61.2 Å². The number of amides is 1. The number of ketones is 2. The van der Waals surface area contributed by atoms with Crippen molar-refractivity contribution in [2.24, 2.45) is 40.2 Å². The fraction of sp³-hybridized carbons (Fsp3) is 0.531. The Morgan fingerprint density at radius 2 is 1.70 bits per heavy atom. The highest BCUT2D eigenvalue weighted by molar-refractivity contribution is 6.09. The van der Waals surface area contributed by atoms with Crippen molar-refractivity contribution in [2.45, 2.75) is 71.2 Å². The van der Waals surface area contributed by atoms with E-state index in [1.54, 1.807) is 6.92 Å². The molecular formula is C32H39NO7. The lowest BCUT2D eigenvalue weighted by Gasteiger charge is -2.66. The van der Waals surface area contributed by atoms with Crippen molar-refractivity contribution in [3.8, 4) is 5.75 Å². The van der Waals surface area contributed by atoms with E-state index < -0.39 is 63.9 Å². The highest BCUT2D eigenvalue weighted by Crippen LogP contribution is 2.65. The third kappa shape index (κ3) is 3.80. The third-order valence-electron chi connectivity index (χ3n) is 10.3. The number of Topliss-reactive ketones (excluding diaryl/α,β-unsaturated/α-hetero) is 2. The van der Waals surface area contributed by atoms with Crippen molar-refractivity contribution in [1.29, 1.82) is 0 Å². The Morgan fingerprint density at radius 3 is 2.30 bits per heavy atom. The second-order valence-electron chi connectivity index (χ2n) is 13.1. The Bertz CT molecular complexity index is 1370. The number of hydrogen-bond acceptors (Lipinski definition) is 7. The largest absolute Gasteiger partial charge is 0.507 e. The molecule has 0 aliphatic heterocycles. The molecule has 3 aliphatic carbocycles. The lowest BCUT2D eigenvalue weighted by atomic mass is 9.39. The molecule has 8 atom stereocenters. The van der Waals surface area contributed by atoms with Crippen molar-refractivity contribution >= 4 is 17.5 Å². The van der Waals surface area contributed by atoms with Crippen LogP contribution < -0.4 is 5.73 Å². The number of aryl methyl sites for hydroxylation is 2. The fourth-order valence-electron chi connectivity index (χ4n) is 8.75. The van der Waals surface area contributed by atoms with Gasteiger partial charge in [-0.3, -0.25) is 14.4 Å². The number of rotatable bonds is 5. The smallest absolute Gasteiger partial charge is 0.230 e. The SMILES string of the molecule is CC(C)[C@H]1C(O)[C@@H](C(N)=O)C(=O)[C@]2(O)C(O)[C@H]3C(=O)c4c(O)ccc(CCc5ccccc5)c4C[C@]3(C)C[C@]12C. The average molecular weight is 550 g/mol. The van der Waals surface area contributed by atoms with E-state index in [1.165, 1.54) is 6.07 Å². The van der Waals surface area contributed by atoms with Gasteiger partial charge in [-0.05, 0) is 65.7 Å². The highest BCUT2D eigenvalue weighted by atomic mass is 16.4. The number of carbonyl (C=O) groups is 3. The van der Waals surface area contributed by atoms with E-state index in [9.17, 15) is 34.8 Å². The lowest BCUT2D eigenvalue weighted by Crippen LogP contribution is -2.79. The van der Waals surface area contributed by atoms with E-state index in [0.717, 1.165) is 17.5 Å². The average Bonchev–Trinajstić information content (AvgIpc) is 2.86. The maximum absolute atomic E-state index is 14.2. The zero-order valence-corrected chi connectivity index (χ0v) is 23.4. The molecule has 0 radical (unpaired) electrons. The number of phenolic OH excluding ortho intramolecular Hbond substituents is 1. The van der Waals surface area contributed by atoms with E-state index in [-0.39, 0.29) is 23.7 Å². The van der Waals surface area contributed by atoms with Gasteiger partial charge in [0.1, 0.15) is 17.8 Å². The van der Waals surface area contributed by atoms with Crippen LogP contribution >= 0.6 is 0 Å². The molecule has 40 heavy (non-hydrogen) atoms. The first-order valence-electron chi connectivity index (χ1n) is 14.0. The van der Waals surface area contributed by atoms with Crippen LogP contribution in [0.5, 0.6) is 5.75 Å².